The predicted octanol–water partition coefficient (Wildman–Crippen LogP) is -1.40. The summed E-state index contributed by atoms with van der Waals surface area (Å²) >= 11 is 14.4. The van der Waals surface area contributed by atoms with Crippen molar-refractivity contribution in [2.75, 3.05) is 0 Å². The average Bonchev–Trinajstić information content (AvgIpc) is 1.65. The SMILES string of the molecule is O=C(OCl)C(Cl)Cl.[H-].[Na+]. The van der Waals surface area contributed by atoms with Gasteiger partial charge in [-0.3, -0.25) is 0 Å². The number of halogens is 3. The number of hydrogen-bond donors (Lipinski definition) is 0. The van der Waals surface area contributed by atoms with Crippen molar-refractivity contribution in [3.8, 4) is 0 Å². The summed E-state index contributed by atoms with van der Waals surface area (Å²) in [5.41, 5.74) is 0. The van der Waals surface area contributed by atoms with Crippen molar-refractivity contribution in [1.82, 2.24) is 0 Å². The molecule has 0 spiro atoms. The van der Waals surface area contributed by atoms with E-state index >= 15 is 0 Å². The van der Waals surface area contributed by atoms with Crippen molar-refractivity contribution in [2.24, 2.45) is 0 Å². The summed E-state index contributed by atoms with van der Waals surface area (Å²) in [7, 11) is 0. The van der Waals surface area contributed by atoms with Crippen LogP contribution in [0, 0.1) is 0 Å². The molecule has 0 aliphatic heterocycles. The van der Waals surface area contributed by atoms with Gasteiger partial charge < -0.3 is 5.72 Å². The van der Waals surface area contributed by atoms with E-state index in [0.29, 0.717) is 0 Å². The third kappa shape index (κ3) is 5.48. The summed E-state index contributed by atoms with van der Waals surface area (Å²) in [5.74, 6) is -0.856. The summed E-state index contributed by atoms with van der Waals surface area (Å²) in [6.45, 7) is 0. The van der Waals surface area contributed by atoms with Gasteiger partial charge in [-0.05, 0) is 0 Å². The van der Waals surface area contributed by atoms with E-state index in [-0.39, 0.29) is 31.0 Å². The maximum Gasteiger partial charge on any atom is 1.00 e. The Morgan fingerprint density at radius 2 is 2.00 bits per heavy atom. The van der Waals surface area contributed by atoms with E-state index in [0.717, 1.165) is 0 Å². The number of hydrogen-bond acceptors (Lipinski definition) is 2. The largest absolute Gasteiger partial charge is 1.00 e. The van der Waals surface area contributed by atoms with E-state index in [1.54, 1.807) is 0 Å². The molecule has 0 radical (unpaired) electrons. The molecule has 0 aliphatic carbocycles. The molecule has 0 aromatic carbocycles. The molecule has 0 heterocycles. The summed E-state index contributed by atoms with van der Waals surface area (Å²) in [6, 6.07) is 0. The minimum absolute atomic E-state index is 0. The first kappa shape index (κ1) is 12.1. The van der Waals surface area contributed by atoms with Crippen LogP contribution in [-0.2, 0) is 9.08 Å². The van der Waals surface area contributed by atoms with Crippen LogP contribution in [0.1, 0.15) is 1.43 Å². The molecule has 0 atom stereocenters. The average molecular weight is 187 g/mol. The van der Waals surface area contributed by atoms with E-state index in [9.17, 15) is 4.79 Å². The van der Waals surface area contributed by atoms with E-state index in [1.165, 1.54) is 0 Å². The fraction of sp³-hybridized carbons (Fsp3) is 0.500. The topological polar surface area (TPSA) is 26.3 Å². The van der Waals surface area contributed by atoms with Crippen LogP contribution >= 0.6 is 35.1 Å². The van der Waals surface area contributed by atoms with Crippen LogP contribution in [-0.4, -0.2) is 10.8 Å². The van der Waals surface area contributed by atoms with E-state index in [2.05, 4.69) is 16.2 Å². The van der Waals surface area contributed by atoms with Crippen molar-refractivity contribution >= 4 is 41.0 Å². The third-order valence-corrected chi connectivity index (χ3v) is 0.763. The minimum atomic E-state index is -1.18. The monoisotopic (exact) mass is 186 g/mol. The molecule has 0 fully saturated rings. The van der Waals surface area contributed by atoms with Gasteiger partial charge in [0.1, 0.15) is 11.9 Å². The fourth-order valence-corrected chi connectivity index (χ4v) is 0.303. The first-order valence-electron chi connectivity index (χ1n) is 1.29. The number of carbonyl (C=O) groups excluding carboxylic acids is 1. The van der Waals surface area contributed by atoms with Crippen LogP contribution in [0.3, 0.4) is 0 Å². The van der Waals surface area contributed by atoms with E-state index < -0.39 is 10.8 Å². The van der Waals surface area contributed by atoms with Gasteiger partial charge in [-0.15, -0.1) is 0 Å². The first-order valence-corrected chi connectivity index (χ1v) is 2.47. The van der Waals surface area contributed by atoms with E-state index in [4.69, 9.17) is 23.2 Å². The zero-order valence-corrected chi connectivity index (χ0v) is 8.30. The molecule has 2 nitrogen and oxygen atoms in total. The Kier molecular flexibility index (Phi) is 9.74. The number of carbonyl (C=O) groups is 1. The predicted molar refractivity (Wildman–Crippen MR) is 28.6 cm³/mol. The zero-order chi connectivity index (χ0) is 5.86. The molecule has 0 bridgehead atoms. The molecule has 6 heteroatoms. The van der Waals surface area contributed by atoms with Gasteiger partial charge in [-0.1, -0.05) is 23.2 Å². The molecule has 0 unspecified atom stereocenters. The Balaban J connectivity index is -0.000000180. The Bertz CT molecular complexity index is 80.2. The van der Waals surface area contributed by atoms with Crippen LogP contribution in [0.2, 0.25) is 0 Å². The molecule has 0 rings (SSSR count). The van der Waals surface area contributed by atoms with Crippen LogP contribution in [0.5, 0.6) is 0 Å². The number of alkyl halides is 2. The Labute approximate surface area is 85.4 Å². The molecule has 0 aliphatic rings. The molecule has 0 amide bonds. The molecular weight excluding hydrogens is 185 g/mol. The maximum absolute atomic E-state index is 9.89. The van der Waals surface area contributed by atoms with Gasteiger partial charge in [0.05, 0.1) is 0 Å². The van der Waals surface area contributed by atoms with Gasteiger partial charge in [0.25, 0.3) is 0 Å². The Morgan fingerprint density at radius 3 is 2.00 bits per heavy atom. The van der Waals surface area contributed by atoms with Crippen LogP contribution in [0.4, 0.5) is 0 Å². The second-order valence-electron chi connectivity index (χ2n) is 0.697. The molecule has 0 aromatic rings. The molecule has 8 heavy (non-hydrogen) atoms. The van der Waals surface area contributed by atoms with Crippen molar-refractivity contribution in [1.29, 1.82) is 0 Å². The molecule has 0 saturated heterocycles. The molecular formula is C2H2Cl3NaO2. The van der Waals surface area contributed by atoms with Crippen molar-refractivity contribution in [3.05, 3.63) is 0 Å². The minimum Gasteiger partial charge on any atom is -1.00 e. The molecule has 0 aromatic heterocycles. The Morgan fingerprint density at radius 1 is 1.62 bits per heavy atom. The fourth-order valence-electron chi connectivity index (χ4n) is 0.0337. The second-order valence-corrected chi connectivity index (χ2v) is 1.95. The normalized spacial score (nSPS) is 8.00. The summed E-state index contributed by atoms with van der Waals surface area (Å²) in [5, 5.41) is 0. The Hall–Kier alpha value is 1.34. The van der Waals surface area contributed by atoms with Gasteiger partial charge in [0, 0.05) is 0 Å². The van der Waals surface area contributed by atoms with Gasteiger partial charge in [-0.2, -0.15) is 0 Å². The molecule has 0 N–H and O–H groups in total. The smallest absolute Gasteiger partial charge is 1.00 e. The van der Waals surface area contributed by atoms with Crippen LogP contribution < -0.4 is 29.6 Å². The standard InChI is InChI=1S/C2HCl3O2.Na.H/c3-1(4)2(6)7-5;;/h1H;;/q;+1;-1. The summed E-state index contributed by atoms with van der Waals surface area (Å²) in [4.78, 5) is 8.71. The number of rotatable bonds is 1. The molecule has 44 valence electrons. The third-order valence-electron chi connectivity index (χ3n) is 0.254. The van der Waals surface area contributed by atoms with Gasteiger partial charge in [-0.25, -0.2) is 4.79 Å². The van der Waals surface area contributed by atoms with Gasteiger partial charge >= 0.3 is 35.5 Å². The van der Waals surface area contributed by atoms with Crippen molar-refractivity contribution in [3.63, 3.8) is 0 Å². The zero-order valence-electron chi connectivity index (χ0n) is 5.03. The van der Waals surface area contributed by atoms with Crippen LogP contribution in [0.25, 0.3) is 0 Å². The summed E-state index contributed by atoms with van der Waals surface area (Å²) in [6.07, 6.45) is 0. The maximum atomic E-state index is 9.89. The van der Waals surface area contributed by atoms with Crippen molar-refractivity contribution < 1.29 is 40.1 Å². The van der Waals surface area contributed by atoms with Gasteiger partial charge in [0.2, 0.25) is 4.84 Å². The quantitative estimate of drug-likeness (QED) is 0.373. The van der Waals surface area contributed by atoms with Crippen molar-refractivity contribution in [2.45, 2.75) is 4.84 Å². The van der Waals surface area contributed by atoms with Crippen LogP contribution in [0.15, 0.2) is 0 Å². The first-order chi connectivity index (χ1) is 3.18. The second kappa shape index (κ2) is 6.46. The molecule has 0 saturated carbocycles. The van der Waals surface area contributed by atoms with Gasteiger partial charge in [0.15, 0.2) is 0 Å². The summed E-state index contributed by atoms with van der Waals surface area (Å²) < 4.78 is 3.58. The van der Waals surface area contributed by atoms with E-state index in [1.807, 2.05) is 0 Å².